The molecule has 7 heteroatoms. The van der Waals surface area contributed by atoms with Gasteiger partial charge in [0.15, 0.2) is 5.78 Å². The first-order valence-corrected chi connectivity index (χ1v) is 17.4. The zero-order chi connectivity index (χ0) is 22.3. The van der Waals surface area contributed by atoms with Crippen molar-refractivity contribution in [3.05, 3.63) is 12.2 Å². The summed E-state index contributed by atoms with van der Waals surface area (Å²) >= 11 is 18.3. The molecule has 0 N–H and O–H groups in total. The van der Waals surface area contributed by atoms with Crippen molar-refractivity contribution >= 4 is 45.3 Å². The SMILES string of the molecule is CCCC1CCC(C=CC(=O)C2CCC3(CC2)OCCCCCC3O[Si](Cl)(Cl)Cl)CC1. The lowest BCUT2D eigenvalue weighted by molar-refractivity contribution is -0.151. The molecule has 3 nitrogen and oxygen atoms in total. The highest BCUT2D eigenvalue weighted by Crippen LogP contribution is 2.43. The number of hydrogen-bond donors (Lipinski definition) is 0. The van der Waals surface area contributed by atoms with Gasteiger partial charge in [0.1, 0.15) is 0 Å². The van der Waals surface area contributed by atoms with Gasteiger partial charge in [-0.3, -0.25) is 4.79 Å². The van der Waals surface area contributed by atoms with E-state index in [9.17, 15) is 4.79 Å². The minimum absolute atomic E-state index is 0.0815. The topological polar surface area (TPSA) is 35.5 Å². The number of halogens is 3. The Morgan fingerprint density at radius 2 is 1.74 bits per heavy atom. The van der Waals surface area contributed by atoms with E-state index in [0.29, 0.717) is 5.92 Å². The summed E-state index contributed by atoms with van der Waals surface area (Å²) in [4.78, 5) is 12.9. The second-order valence-electron chi connectivity index (χ2n) is 9.92. The van der Waals surface area contributed by atoms with Gasteiger partial charge < -0.3 is 9.16 Å². The molecule has 0 bridgehead atoms. The molecule has 1 atom stereocenters. The Kier molecular flexibility index (Phi) is 10.3. The number of ketones is 1. The number of carbonyl (C=O) groups is 1. The molecule has 1 spiro atoms. The average molecular weight is 510 g/mol. The van der Waals surface area contributed by atoms with Crippen molar-refractivity contribution in [2.24, 2.45) is 17.8 Å². The molecule has 1 unspecified atom stereocenters. The van der Waals surface area contributed by atoms with Crippen LogP contribution in [0.15, 0.2) is 12.2 Å². The highest BCUT2D eigenvalue weighted by molar-refractivity contribution is 7.62. The quantitative estimate of drug-likeness (QED) is 0.200. The van der Waals surface area contributed by atoms with Gasteiger partial charge in [0.05, 0.1) is 11.7 Å². The zero-order valence-corrected chi connectivity index (χ0v) is 22.2. The van der Waals surface area contributed by atoms with E-state index in [1.165, 1.54) is 38.5 Å². The molecule has 2 saturated carbocycles. The minimum Gasteiger partial charge on any atom is -0.375 e. The summed E-state index contributed by atoms with van der Waals surface area (Å²) in [6.45, 7) is 2.99. The lowest BCUT2D eigenvalue weighted by Gasteiger charge is -2.46. The Labute approximate surface area is 203 Å². The van der Waals surface area contributed by atoms with Crippen LogP contribution in [0.1, 0.15) is 96.8 Å². The van der Waals surface area contributed by atoms with Crippen LogP contribution in [0.4, 0.5) is 0 Å². The van der Waals surface area contributed by atoms with Gasteiger partial charge in [0, 0.05) is 12.5 Å². The third-order valence-corrected chi connectivity index (χ3v) is 9.07. The molecule has 0 radical (unpaired) electrons. The molecular formula is C24H39Cl3O3Si. The van der Waals surface area contributed by atoms with Gasteiger partial charge in [-0.25, -0.2) is 0 Å². The Morgan fingerprint density at radius 3 is 2.39 bits per heavy atom. The van der Waals surface area contributed by atoms with Gasteiger partial charge in [0.25, 0.3) is 0 Å². The monoisotopic (exact) mass is 508 g/mol. The number of allylic oxidation sites excluding steroid dienone is 2. The molecule has 31 heavy (non-hydrogen) atoms. The summed E-state index contributed by atoms with van der Waals surface area (Å²) in [6, 6.07) is 0. The normalized spacial score (nSPS) is 35.7. The van der Waals surface area contributed by atoms with Crippen molar-refractivity contribution in [3.63, 3.8) is 0 Å². The molecule has 2 aliphatic carbocycles. The predicted octanol–water partition coefficient (Wildman–Crippen LogP) is 7.78. The summed E-state index contributed by atoms with van der Waals surface area (Å²) in [5.74, 6) is 1.84. The second-order valence-corrected chi connectivity index (χ2v) is 17.6. The van der Waals surface area contributed by atoms with E-state index in [1.807, 2.05) is 6.08 Å². The first-order valence-electron chi connectivity index (χ1n) is 12.4. The molecule has 0 aromatic carbocycles. The summed E-state index contributed by atoms with van der Waals surface area (Å²) in [5.41, 5.74) is -0.407. The number of carbonyl (C=O) groups excluding carboxylic acids is 1. The summed E-state index contributed by atoms with van der Waals surface area (Å²) in [7, 11) is 0. The molecule has 178 valence electrons. The highest BCUT2D eigenvalue weighted by Gasteiger charge is 2.48. The van der Waals surface area contributed by atoms with Crippen molar-refractivity contribution < 1.29 is 14.0 Å². The second kappa shape index (κ2) is 12.2. The van der Waals surface area contributed by atoms with Gasteiger partial charge >= 0.3 is 6.25 Å². The predicted molar refractivity (Wildman–Crippen MR) is 132 cm³/mol. The van der Waals surface area contributed by atoms with E-state index in [1.54, 1.807) is 0 Å². The summed E-state index contributed by atoms with van der Waals surface area (Å²) in [6.07, 6.45) is 15.8. The molecule has 1 heterocycles. The van der Waals surface area contributed by atoms with Gasteiger partial charge in [-0.1, -0.05) is 71.9 Å². The lowest BCUT2D eigenvalue weighted by Crippen LogP contribution is -2.52. The van der Waals surface area contributed by atoms with Crippen LogP contribution >= 0.6 is 33.2 Å². The van der Waals surface area contributed by atoms with Gasteiger partial charge in [-0.05, 0) is 82.1 Å². The van der Waals surface area contributed by atoms with Crippen LogP contribution in [-0.2, 0) is 14.0 Å². The van der Waals surface area contributed by atoms with Gasteiger partial charge in [-0.15, -0.1) is 0 Å². The van der Waals surface area contributed by atoms with Crippen LogP contribution in [0.5, 0.6) is 0 Å². The third-order valence-electron chi connectivity index (χ3n) is 7.72. The molecule has 3 aliphatic rings. The van der Waals surface area contributed by atoms with Crippen molar-refractivity contribution in [2.75, 3.05) is 6.61 Å². The van der Waals surface area contributed by atoms with Crippen LogP contribution in [0.3, 0.4) is 0 Å². The molecule has 0 amide bonds. The standard InChI is InChI=1S/C24H39Cl3O3Si/c1-2-6-19-8-10-20(11-9-19)12-13-22(28)21-14-16-24(17-15-21)23(30-31(25,26)27)7-4-3-5-18-29-24/h12-13,19-21,23H,2-11,14-18H2,1H3. The van der Waals surface area contributed by atoms with Crippen molar-refractivity contribution in [3.8, 4) is 0 Å². The maximum Gasteiger partial charge on any atom is 0.494 e. The number of ether oxygens (including phenoxy) is 1. The van der Waals surface area contributed by atoms with Crippen molar-refractivity contribution in [2.45, 2.75) is 109 Å². The van der Waals surface area contributed by atoms with Crippen LogP contribution in [0, 0.1) is 17.8 Å². The highest BCUT2D eigenvalue weighted by atomic mass is 35.8. The van der Waals surface area contributed by atoms with Crippen LogP contribution < -0.4 is 0 Å². The largest absolute Gasteiger partial charge is 0.494 e. The smallest absolute Gasteiger partial charge is 0.375 e. The van der Waals surface area contributed by atoms with E-state index in [0.717, 1.165) is 63.9 Å². The molecule has 0 aromatic heterocycles. The van der Waals surface area contributed by atoms with Crippen LogP contribution in [0.25, 0.3) is 0 Å². The zero-order valence-electron chi connectivity index (χ0n) is 18.9. The minimum atomic E-state index is -3.22. The fraction of sp³-hybridized carbons (Fsp3) is 0.875. The van der Waals surface area contributed by atoms with Gasteiger partial charge in [0.2, 0.25) is 0 Å². The maximum atomic E-state index is 12.9. The Balaban J connectivity index is 1.53. The molecule has 1 saturated heterocycles. The molecule has 0 aromatic rings. The summed E-state index contributed by atoms with van der Waals surface area (Å²) < 4.78 is 12.3. The van der Waals surface area contributed by atoms with Crippen molar-refractivity contribution in [1.82, 2.24) is 0 Å². The van der Waals surface area contributed by atoms with Crippen LogP contribution in [0.2, 0.25) is 0 Å². The lowest BCUT2D eigenvalue weighted by atomic mass is 9.73. The van der Waals surface area contributed by atoms with Gasteiger partial charge in [-0.2, -0.15) is 0 Å². The van der Waals surface area contributed by atoms with E-state index >= 15 is 0 Å². The third kappa shape index (κ3) is 8.00. The molecular weight excluding hydrogens is 471 g/mol. The Bertz CT molecular complexity index is 591. The molecule has 1 aliphatic heterocycles. The number of hydrogen-bond acceptors (Lipinski definition) is 3. The van der Waals surface area contributed by atoms with Crippen LogP contribution in [-0.4, -0.2) is 30.3 Å². The van der Waals surface area contributed by atoms with E-state index < -0.39 is 11.8 Å². The summed E-state index contributed by atoms with van der Waals surface area (Å²) in [5, 5.41) is 0. The Hall–Kier alpha value is 0.417. The van der Waals surface area contributed by atoms with Crippen molar-refractivity contribution in [1.29, 1.82) is 0 Å². The van der Waals surface area contributed by atoms with E-state index in [-0.39, 0.29) is 17.8 Å². The molecule has 3 rings (SSSR count). The fourth-order valence-corrected chi connectivity index (χ4v) is 7.49. The van der Waals surface area contributed by atoms with E-state index in [4.69, 9.17) is 42.4 Å². The first kappa shape index (κ1) is 26.0. The molecule has 3 fully saturated rings. The average Bonchev–Trinajstić information content (AvgIpc) is 2.73. The number of rotatable bonds is 7. The van der Waals surface area contributed by atoms with E-state index in [2.05, 4.69) is 13.0 Å². The first-order chi connectivity index (χ1) is 14.8. The fourth-order valence-electron chi connectivity index (χ4n) is 5.87. The maximum absolute atomic E-state index is 12.9. The Morgan fingerprint density at radius 1 is 1.03 bits per heavy atom.